The molecule has 0 bridgehead atoms. The predicted octanol–water partition coefficient (Wildman–Crippen LogP) is 2.09. The Hall–Kier alpha value is -2.45. The Balaban J connectivity index is 1.89. The second-order valence-corrected chi connectivity index (χ2v) is 5.93. The summed E-state index contributed by atoms with van der Waals surface area (Å²) in [7, 11) is 0. The molecule has 2 aromatic rings. The fraction of sp³-hybridized carbons (Fsp3) is 0.214. The first-order valence-corrected chi connectivity index (χ1v) is 7.74. The molecular weight excluding hydrogens is 355 g/mol. The first-order chi connectivity index (χ1) is 11.4. The molecule has 10 heteroatoms. The summed E-state index contributed by atoms with van der Waals surface area (Å²) in [5.74, 6) is 0.0722. The van der Waals surface area contributed by atoms with Crippen molar-refractivity contribution in [1.82, 2.24) is 20.2 Å². The highest BCUT2D eigenvalue weighted by molar-refractivity contribution is 6.43. The minimum atomic E-state index is -0.429. The molecule has 2 amide bonds. The van der Waals surface area contributed by atoms with Gasteiger partial charge in [0.2, 0.25) is 5.91 Å². The van der Waals surface area contributed by atoms with Crippen LogP contribution in [-0.4, -0.2) is 32.3 Å². The van der Waals surface area contributed by atoms with E-state index < -0.39 is 5.91 Å². The van der Waals surface area contributed by atoms with Crippen LogP contribution in [0.4, 0.5) is 5.82 Å². The highest BCUT2D eigenvalue weighted by Gasteiger charge is 2.21. The van der Waals surface area contributed by atoms with E-state index in [9.17, 15) is 9.59 Å². The Kier molecular flexibility index (Phi) is 4.50. The average molecular weight is 367 g/mol. The van der Waals surface area contributed by atoms with Gasteiger partial charge in [-0.15, -0.1) is 0 Å². The normalized spacial score (nSPS) is 14.1. The molecule has 0 aliphatic carbocycles. The third-order valence-corrected chi connectivity index (χ3v) is 3.71. The number of nitrogens with one attached hydrogen (secondary N) is 2. The fourth-order valence-electron chi connectivity index (χ4n) is 2.14. The quantitative estimate of drug-likeness (QED) is 0.867. The van der Waals surface area contributed by atoms with Crippen LogP contribution in [0.25, 0.3) is 5.82 Å². The zero-order valence-electron chi connectivity index (χ0n) is 12.5. The number of pyridine rings is 1. The number of hydrogen-bond donors (Lipinski definition) is 2. The van der Waals surface area contributed by atoms with E-state index in [0.717, 1.165) is 0 Å². The highest BCUT2D eigenvalue weighted by atomic mass is 35.5. The highest BCUT2D eigenvalue weighted by Crippen LogP contribution is 2.25. The van der Waals surface area contributed by atoms with Gasteiger partial charge in [-0.05, 0) is 13.0 Å². The second-order valence-electron chi connectivity index (χ2n) is 5.09. The van der Waals surface area contributed by atoms with Gasteiger partial charge >= 0.3 is 0 Å². The third kappa shape index (κ3) is 3.39. The van der Waals surface area contributed by atoms with Gasteiger partial charge in [0.25, 0.3) is 5.91 Å². The van der Waals surface area contributed by atoms with Crippen molar-refractivity contribution in [3.05, 3.63) is 34.1 Å². The average Bonchev–Trinajstić information content (AvgIpc) is 2.88. The van der Waals surface area contributed by atoms with Crippen molar-refractivity contribution in [2.75, 3.05) is 5.32 Å². The number of carbonyl (C=O) groups is 2. The maximum Gasteiger partial charge on any atom is 0.273 e. The molecule has 124 valence electrons. The van der Waals surface area contributed by atoms with Crippen LogP contribution in [0.5, 0.6) is 0 Å². The summed E-state index contributed by atoms with van der Waals surface area (Å²) in [6, 6.07) is 3.21. The number of rotatable bonds is 3. The number of amides is 2. The molecule has 0 atom stereocenters. The van der Waals surface area contributed by atoms with Gasteiger partial charge in [-0.1, -0.05) is 23.2 Å². The second kappa shape index (κ2) is 6.58. The molecule has 3 heterocycles. The number of halogens is 2. The largest absolute Gasteiger partial charge is 0.305 e. The van der Waals surface area contributed by atoms with E-state index in [0.29, 0.717) is 27.4 Å². The summed E-state index contributed by atoms with van der Waals surface area (Å²) in [6.45, 7) is 1.77. The van der Waals surface area contributed by atoms with Crippen LogP contribution in [0.15, 0.2) is 23.4 Å². The van der Waals surface area contributed by atoms with Crippen molar-refractivity contribution in [2.45, 2.75) is 19.8 Å². The van der Waals surface area contributed by atoms with Crippen LogP contribution in [0.2, 0.25) is 10.0 Å². The minimum Gasteiger partial charge on any atom is -0.305 e. The van der Waals surface area contributed by atoms with Crippen LogP contribution in [0, 0.1) is 6.92 Å². The molecule has 2 N–H and O–H groups in total. The molecule has 2 aromatic heterocycles. The van der Waals surface area contributed by atoms with Gasteiger partial charge in [-0.2, -0.15) is 14.9 Å². The molecule has 0 fully saturated rings. The van der Waals surface area contributed by atoms with Gasteiger partial charge in [0.15, 0.2) is 5.82 Å². The summed E-state index contributed by atoms with van der Waals surface area (Å²) in [4.78, 5) is 27.5. The van der Waals surface area contributed by atoms with Gasteiger partial charge < -0.3 is 5.32 Å². The molecule has 0 saturated carbocycles. The molecule has 1 aliphatic rings. The van der Waals surface area contributed by atoms with Crippen molar-refractivity contribution < 1.29 is 9.59 Å². The molecule has 8 nitrogen and oxygen atoms in total. The molecule has 0 spiro atoms. The standard InChI is InChI=1S/C14H12Cl2N6O2/c1-7-4-11(18-14(24)10-2-3-12(23)20-19-10)22(21-7)13-9(16)5-8(15)6-17-13/h4-6H,2-3H2,1H3,(H,18,24)(H,20,23). The van der Waals surface area contributed by atoms with Crippen LogP contribution < -0.4 is 10.7 Å². The van der Waals surface area contributed by atoms with Gasteiger partial charge in [-0.25, -0.2) is 10.4 Å². The smallest absolute Gasteiger partial charge is 0.273 e. The van der Waals surface area contributed by atoms with Crippen LogP contribution in [0.3, 0.4) is 0 Å². The maximum atomic E-state index is 12.3. The van der Waals surface area contributed by atoms with Gasteiger partial charge in [-0.3, -0.25) is 9.59 Å². The number of aryl methyl sites for hydroxylation is 1. The molecule has 3 rings (SSSR count). The van der Waals surface area contributed by atoms with E-state index in [-0.39, 0.29) is 24.5 Å². The SMILES string of the molecule is Cc1cc(NC(=O)C2=NNC(=O)CC2)n(-c2ncc(Cl)cc2Cl)n1. The Morgan fingerprint density at radius 3 is 2.79 bits per heavy atom. The van der Waals surface area contributed by atoms with E-state index in [1.165, 1.54) is 16.9 Å². The summed E-state index contributed by atoms with van der Waals surface area (Å²) in [5.41, 5.74) is 3.18. The molecule has 0 radical (unpaired) electrons. The van der Waals surface area contributed by atoms with Crippen molar-refractivity contribution in [1.29, 1.82) is 0 Å². The fourth-order valence-corrected chi connectivity index (χ4v) is 2.60. The number of hydrogen-bond acceptors (Lipinski definition) is 5. The lowest BCUT2D eigenvalue weighted by Crippen LogP contribution is -2.33. The minimum absolute atomic E-state index is 0.217. The summed E-state index contributed by atoms with van der Waals surface area (Å²) >= 11 is 12.0. The number of anilines is 1. The van der Waals surface area contributed by atoms with Crippen molar-refractivity contribution in [2.24, 2.45) is 5.10 Å². The lowest BCUT2D eigenvalue weighted by Gasteiger charge is -2.13. The lowest BCUT2D eigenvalue weighted by atomic mass is 10.1. The van der Waals surface area contributed by atoms with E-state index in [2.05, 4.69) is 25.9 Å². The summed E-state index contributed by atoms with van der Waals surface area (Å²) in [5, 5.41) is 11.4. The van der Waals surface area contributed by atoms with E-state index in [4.69, 9.17) is 23.2 Å². The monoisotopic (exact) mass is 366 g/mol. The molecule has 1 aliphatic heterocycles. The topological polar surface area (TPSA) is 101 Å². The number of hydrazone groups is 1. The van der Waals surface area contributed by atoms with E-state index in [1.54, 1.807) is 13.0 Å². The van der Waals surface area contributed by atoms with Crippen LogP contribution >= 0.6 is 23.2 Å². The van der Waals surface area contributed by atoms with Crippen LogP contribution in [-0.2, 0) is 9.59 Å². The van der Waals surface area contributed by atoms with Crippen molar-refractivity contribution >= 4 is 46.5 Å². The first-order valence-electron chi connectivity index (χ1n) is 6.99. The maximum absolute atomic E-state index is 12.3. The Bertz CT molecular complexity index is 861. The zero-order chi connectivity index (χ0) is 17.3. The predicted molar refractivity (Wildman–Crippen MR) is 89.6 cm³/mol. The molecule has 0 aromatic carbocycles. The van der Waals surface area contributed by atoms with Gasteiger partial charge in [0, 0.05) is 25.1 Å². The summed E-state index contributed by atoms with van der Waals surface area (Å²) in [6.07, 6.45) is 1.92. The van der Waals surface area contributed by atoms with Crippen molar-refractivity contribution in [3.63, 3.8) is 0 Å². The molecular formula is C14H12Cl2N6O2. The Labute approximate surface area is 146 Å². The molecule has 24 heavy (non-hydrogen) atoms. The number of aromatic nitrogens is 3. The Morgan fingerprint density at radius 1 is 1.33 bits per heavy atom. The Morgan fingerprint density at radius 2 is 2.12 bits per heavy atom. The van der Waals surface area contributed by atoms with Gasteiger partial charge in [0.1, 0.15) is 11.5 Å². The lowest BCUT2D eigenvalue weighted by molar-refractivity contribution is -0.121. The number of nitrogens with zero attached hydrogens (tertiary/aromatic N) is 4. The van der Waals surface area contributed by atoms with E-state index >= 15 is 0 Å². The molecule has 0 saturated heterocycles. The third-order valence-electron chi connectivity index (χ3n) is 3.23. The van der Waals surface area contributed by atoms with E-state index in [1.807, 2.05) is 0 Å². The van der Waals surface area contributed by atoms with Crippen molar-refractivity contribution in [3.8, 4) is 5.82 Å². The number of carbonyl (C=O) groups excluding carboxylic acids is 2. The van der Waals surface area contributed by atoms with Crippen LogP contribution in [0.1, 0.15) is 18.5 Å². The molecule has 0 unspecified atom stereocenters. The van der Waals surface area contributed by atoms with Gasteiger partial charge in [0.05, 0.1) is 15.7 Å². The first kappa shape index (κ1) is 16.4. The summed E-state index contributed by atoms with van der Waals surface area (Å²) < 4.78 is 1.41. The zero-order valence-corrected chi connectivity index (χ0v) is 14.0.